The van der Waals surface area contributed by atoms with Crippen LogP contribution in [0, 0.1) is 11.7 Å². The summed E-state index contributed by atoms with van der Waals surface area (Å²) in [6.45, 7) is 3.38. The van der Waals surface area contributed by atoms with Gasteiger partial charge in [-0.2, -0.15) is 4.31 Å². The van der Waals surface area contributed by atoms with E-state index in [1.165, 1.54) is 7.11 Å². The molecule has 0 fully saturated rings. The Labute approximate surface area is 146 Å². The maximum absolute atomic E-state index is 13.3. The highest BCUT2D eigenvalue weighted by molar-refractivity contribution is 9.11. The molecule has 0 aliphatic carbocycles. The maximum atomic E-state index is 13.3. The molecule has 1 aromatic rings. The van der Waals surface area contributed by atoms with Crippen LogP contribution in [0.5, 0.6) is 0 Å². The molecule has 1 aromatic carbocycles. The average Bonchev–Trinajstić information content (AvgIpc) is 2.41. The Bertz CT molecular complexity index is 643. The van der Waals surface area contributed by atoms with Crippen molar-refractivity contribution in [2.45, 2.75) is 18.7 Å². The molecule has 0 saturated heterocycles. The van der Waals surface area contributed by atoms with Gasteiger partial charge < -0.3 is 4.74 Å². The number of halogens is 3. The second kappa shape index (κ2) is 7.85. The van der Waals surface area contributed by atoms with E-state index in [0.29, 0.717) is 0 Å². The van der Waals surface area contributed by atoms with Gasteiger partial charge in [-0.3, -0.25) is 4.79 Å². The molecule has 0 aromatic heterocycles. The first-order valence-corrected chi connectivity index (χ1v) is 9.40. The molecule has 22 heavy (non-hydrogen) atoms. The van der Waals surface area contributed by atoms with Crippen molar-refractivity contribution in [2.75, 3.05) is 20.2 Å². The number of esters is 1. The summed E-state index contributed by atoms with van der Waals surface area (Å²) in [6, 6.07) is 2.16. The lowest BCUT2D eigenvalue weighted by atomic mass is 10.2. The molecule has 1 unspecified atom stereocenters. The van der Waals surface area contributed by atoms with Gasteiger partial charge in [0, 0.05) is 22.0 Å². The number of carbonyl (C=O) groups excluding carboxylic acids is 1. The molecule has 0 bridgehead atoms. The minimum Gasteiger partial charge on any atom is -0.469 e. The zero-order chi connectivity index (χ0) is 17.1. The number of carbonyl (C=O) groups is 1. The predicted molar refractivity (Wildman–Crippen MR) is 87.4 cm³/mol. The minimum absolute atomic E-state index is 0.0260. The van der Waals surface area contributed by atoms with Gasteiger partial charge in [-0.05, 0) is 44.0 Å². The molecule has 1 rings (SSSR count). The number of ether oxygens (including phenoxy) is 1. The van der Waals surface area contributed by atoms with E-state index in [1.807, 2.05) is 0 Å². The Morgan fingerprint density at radius 2 is 1.86 bits per heavy atom. The lowest BCUT2D eigenvalue weighted by molar-refractivity contribution is -0.145. The first-order chi connectivity index (χ1) is 10.1. The summed E-state index contributed by atoms with van der Waals surface area (Å²) in [5, 5.41) is 0. The third-order valence-corrected chi connectivity index (χ3v) is 6.81. The highest BCUT2D eigenvalue weighted by Crippen LogP contribution is 2.33. The van der Waals surface area contributed by atoms with Crippen LogP contribution in [0.3, 0.4) is 0 Å². The Hall–Kier alpha value is -0.510. The van der Waals surface area contributed by atoms with E-state index in [-0.39, 0.29) is 26.9 Å². The third kappa shape index (κ3) is 4.27. The smallest absolute Gasteiger partial charge is 0.309 e. The quantitative estimate of drug-likeness (QED) is 0.611. The summed E-state index contributed by atoms with van der Waals surface area (Å²) >= 11 is 6.15. The molecule has 0 N–H and O–H groups in total. The molecule has 9 heteroatoms. The Morgan fingerprint density at radius 1 is 1.36 bits per heavy atom. The van der Waals surface area contributed by atoms with Crippen LogP contribution in [-0.2, 0) is 19.6 Å². The van der Waals surface area contributed by atoms with Gasteiger partial charge in [-0.1, -0.05) is 13.8 Å². The minimum atomic E-state index is -3.90. The number of methoxy groups -OCH3 is 1. The summed E-state index contributed by atoms with van der Waals surface area (Å²) in [4.78, 5) is 11.4. The van der Waals surface area contributed by atoms with Crippen molar-refractivity contribution in [3.05, 3.63) is 26.9 Å². The number of benzene rings is 1. The van der Waals surface area contributed by atoms with Crippen LogP contribution in [0.2, 0.25) is 0 Å². The molecule has 124 valence electrons. The van der Waals surface area contributed by atoms with Crippen molar-refractivity contribution in [1.82, 2.24) is 4.31 Å². The Balaban J connectivity index is 3.24. The van der Waals surface area contributed by atoms with Gasteiger partial charge in [0.05, 0.1) is 13.0 Å². The van der Waals surface area contributed by atoms with Gasteiger partial charge >= 0.3 is 5.97 Å². The number of nitrogens with zero attached hydrogens (tertiary/aromatic N) is 1. The number of hydrogen-bond donors (Lipinski definition) is 0. The van der Waals surface area contributed by atoms with Crippen molar-refractivity contribution in [3.63, 3.8) is 0 Å². The molecular weight excluding hydrogens is 445 g/mol. The van der Waals surface area contributed by atoms with Gasteiger partial charge in [0.15, 0.2) is 0 Å². The van der Waals surface area contributed by atoms with E-state index >= 15 is 0 Å². The van der Waals surface area contributed by atoms with Crippen molar-refractivity contribution < 1.29 is 22.3 Å². The molecule has 5 nitrogen and oxygen atoms in total. The monoisotopic (exact) mass is 459 g/mol. The Kier molecular flexibility index (Phi) is 6.97. The molecule has 0 aliphatic rings. The highest BCUT2D eigenvalue weighted by Gasteiger charge is 2.31. The normalized spacial score (nSPS) is 13.2. The summed E-state index contributed by atoms with van der Waals surface area (Å²) in [7, 11) is -2.65. The topological polar surface area (TPSA) is 63.7 Å². The maximum Gasteiger partial charge on any atom is 0.309 e. The van der Waals surface area contributed by atoms with Crippen molar-refractivity contribution in [3.8, 4) is 0 Å². The summed E-state index contributed by atoms with van der Waals surface area (Å²) in [5.41, 5.74) is 0. The largest absolute Gasteiger partial charge is 0.469 e. The average molecular weight is 461 g/mol. The lowest BCUT2D eigenvalue weighted by Crippen LogP contribution is -2.37. The molecule has 0 amide bonds. The molecule has 0 radical (unpaired) electrons. The summed E-state index contributed by atoms with van der Waals surface area (Å²) in [5.74, 6) is -1.67. The van der Waals surface area contributed by atoms with Crippen LogP contribution in [0.15, 0.2) is 26.0 Å². The van der Waals surface area contributed by atoms with Gasteiger partial charge in [0.1, 0.15) is 10.7 Å². The molecule has 0 heterocycles. The molecule has 0 aliphatic heterocycles. The number of rotatable bonds is 6. The first-order valence-electron chi connectivity index (χ1n) is 6.37. The molecule has 0 spiro atoms. The molecular formula is C13H16Br2FNO4S. The van der Waals surface area contributed by atoms with Crippen LogP contribution in [-0.4, -0.2) is 38.9 Å². The van der Waals surface area contributed by atoms with Crippen LogP contribution in [0.25, 0.3) is 0 Å². The fourth-order valence-electron chi connectivity index (χ4n) is 1.88. The van der Waals surface area contributed by atoms with Gasteiger partial charge in [0.25, 0.3) is 0 Å². The summed E-state index contributed by atoms with van der Waals surface area (Å²) in [6.07, 6.45) is 0. The van der Waals surface area contributed by atoms with E-state index < -0.39 is 27.7 Å². The van der Waals surface area contributed by atoms with Crippen molar-refractivity contribution in [2.24, 2.45) is 5.92 Å². The number of hydrogen-bond acceptors (Lipinski definition) is 4. The van der Waals surface area contributed by atoms with Gasteiger partial charge in [-0.15, -0.1) is 0 Å². The zero-order valence-electron chi connectivity index (χ0n) is 12.3. The van der Waals surface area contributed by atoms with Crippen molar-refractivity contribution in [1.29, 1.82) is 0 Å². The zero-order valence-corrected chi connectivity index (χ0v) is 16.3. The van der Waals surface area contributed by atoms with Gasteiger partial charge in [-0.25, -0.2) is 12.8 Å². The van der Waals surface area contributed by atoms with Crippen LogP contribution < -0.4 is 0 Å². The third-order valence-electron chi connectivity index (χ3n) is 2.99. The fourth-order valence-corrected chi connectivity index (χ4v) is 5.87. The molecule has 1 atom stereocenters. The molecule has 0 saturated carbocycles. The highest BCUT2D eigenvalue weighted by atomic mass is 79.9. The predicted octanol–water partition coefficient (Wildman–Crippen LogP) is 3.17. The second-order valence-corrected chi connectivity index (χ2v) is 8.16. The fraction of sp³-hybridized carbons (Fsp3) is 0.462. The van der Waals surface area contributed by atoms with Crippen molar-refractivity contribution >= 4 is 47.9 Å². The van der Waals surface area contributed by atoms with E-state index in [1.54, 1.807) is 13.8 Å². The van der Waals surface area contributed by atoms with E-state index in [4.69, 9.17) is 0 Å². The summed E-state index contributed by atoms with van der Waals surface area (Å²) < 4.78 is 44.8. The second-order valence-electron chi connectivity index (χ2n) is 4.58. The van der Waals surface area contributed by atoms with Gasteiger partial charge in [0.2, 0.25) is 10.0 Å². The number of sulfonamides is 1. The standard InChI is InChI=1S/C13H16Br2FNO4S/c1-4-17(7-8(2)13(18)21-3)22(19,20)12-10(14)5-9(16)6-11(12)15/h5-6,8H,4,7H2,1-3H3. The lowest BCUT2D eigenvalue weighted by Gasteiger charge is -2.24. The first kappa shape index (κ1) is 19.5. The van der Waals surface area contributed by atoms with Crippen LogP contribution in [0.1, 0.15) is 13.8 Å². The van der Waals surface area contributed by atoms with E-state index in [9.17, 15) is 17.6 Å². The Morgan fingerprint density at radius 3 is 2.27 bits per heavy atom. The van der Waals surface area contributed by atoms with E-state index in [2.05, 4.69) is 36.6 Å². The SMILES string of the molecule is CCN(CC(C)C(=O)OC)S(=O)(=O)c1c(Br)cc(F)cc1Br. The van der Waals surface area contributed by atoms with E-state index in [0.717, 1.165) is 16.4 Å². The van der Waals surface area contributed by atoms with Crippen LogP contribution in [0.4, 0.5) is 4.39 Å². The van der Waals surface area contributed by atoms with Crippen LogP contribution >= 0.6 is 31.9 Å².